The number of anilines is 3. The van der Waals surface area contributed by atoms with Crippen molar-refractivity contribution in [2.75, 3.05) is 17.2 Å². The molecule has 3 aliphatic carbocycles. The molecular formula is C82H76N20O3. The molecule has 8 aromatic heterocycles. The number of fused-ring (bicyclic) bond motifs is 6. The van der Waals surface area contributed by atoms with Crippen LogP contribution in [0.2, 0.25) is 0 Å². The minimum Gasteiger partial charge on any atom is -0.383 e. The van der Waals surface area contributed by atoms with Gasteiger partial charge in [-0.05, 0) is 108 Å². The second-order valence-corrected chi connectivity index (χ2v) is 27.1. The molecule has 0 aliphatic heterocycles. The number of nitrogens with zero attached hydrogens (tertiary/aromatic N) is 14. The number of hydrogen-bond acceptors (Lipinski definition) is 17. The summed E-state index contributed by atoms with van der Waals surface area (Å²) < 4.78 is 6.10. The molecule has 3 amide bonds. The summed E-state index contributed by atoms with van der Waals surface area (Å²) in [6.07, 6.45) is 23.5. The van der Waals surface area contributed by atoms with Crippen LogP contribution in [0.3, 0.4) is 0 Å². The van der Waals surface area contributed by atoms with E-state index in [4.69, 9.17) is 32.5 Å². The second-order valence-electron chi connectivity index (χ2n) is 27.1. The first kappa shape index (κ1) is 66.6. The fourth-order valence-corrected chi connectivity index (χ4v) is 14.9. The lowest BCUT2D eigenvalue weighted by molar-refractivity contribution is 0.0943. The number of amides is 3. The van der Waals surface area contributed by atoms with Crippen molar-refractivity contribution in [3.8, 4) is 33.8 Å². The molecule has 23 nitrogen and oxygen atoms in total. The highest BCUT2D eigenvalue weighted by Crippen LogP contribution is 2.40. The Hall–Kier alpha value is -12.9. The predicted molar refractivity (Wildman–Crippen MR) is 409 cm³/mol. The third-order valence-corrected chi connectivity index (χ3v) is 20.4. The molecule has 3 saturated carbocycles. The first-order valence-corrected chi connectivity index (χ1v) is 35.8. The first-order valence-electron chi connectivity index (χ1n) is 35.8. The number of nitrogens with two attached hydrogens (primary N) is 3. The van der Waals surface area contributed by atoms with E-state index in [-0.39, 0.29) is 17.7 Å². The smallest absolute Gasteiger partial charge is 0.253 e. The molecule has 0 unspecified atom stereocenters. The number of carbonyl (C=O) groups is 3. The average Bonchev–Trinajstić information content (AvgIpc) is 1.63. The highest BCUT2D eigenvalue weighted by molar-refractivity contribution is 6.08. The summed E-state index contributed by atoms with van der Waals surface area (Å²) in [4.78, 5) is 73.1. The Bertz CT molecular complexity index is 5470. The molecule has 0 radical (unpaired) electrons. The topological polar surface area (TPSA) is 322 Å². The third kappa shape index (κ3) is 13.8. The predicted octanol–water partition coefficient (Wildman–Crippen LogP) is 14.6. The van der Waals surface area contributed by atoms with Gasteiger partial charge in [0.2, 0.25) is 0 Å². The summed E-state index contributed by atoms with van der Waals surface area (Å²) in [6.45, 7) is 1.26. The Labute approximate surface area is 603 Å². The monoisotopic (exact) mass is 1390 g/mol. The van der Waals surface area contributed by atoms with Crippen LogP contribution in [0.4, 0.5) is 17.5 Å². The van der Waals surface area contributed by atoms with Gasteiger partial charge in [-0.3, -0.25) is 24.4 Å². The van der Waals surface area contributed by atoms with Crippen LogP contribution in [0, 0.1) is 0 Å². The van der Waals surface area contributed by atoms with E-state index in [1.54, 1.807) is 24.7 Å². The van der Waals surface area contributed by atoms with Gasteiger partial charge in [0.15, 0.2) is 16.9 Å². The number of hydrogen-bond donors (Lipinski definition) is 6. The number of benzene rings is 7. The second kappa shape index (κ2) is 29.6. The van der Waals surface area contributed by atoms with Gasteiger partial charge in [0, 0.05) is 76.8 Å². The van der Waals surface area contributed by atoms with Crippen LogP contribution in [0.5, 0.6) is 0 Å². The maximum atomic E-state index is 12.9. The molecule has 0 bridgehead atoms. The zero-order valence-electron chi connectivity index (χ0n) is 57.7. The van der Waals surface area contributed by atoms with Crippen molar-refractivity contribution in [2.45, 2.75) is 115 Å². The molecule has 23 heteroatoms. The van der Waals surface area contributed by atoms with Crippen molar-refractivity contribution in [1.82, 2.24) is 85.2 Å². The fourth-order valence-electron chi connectivity index (χ4n) is 14.9. The summed E-state index contributed by atoms with van der Waals surface area (Å²) in [6, 6.07) is 55.9. The molecule has 3 fully saturated rings. The molecule has 8 heterocycles. The van der Waals surface area contributed by atoms with Crippen LogP contribution >= 0.6 is 0 Å². The van der Waals surface area contributed by atoms with Gasteiger partial charge in [0.1, 0.15) is 53.5 Å². The van der Waals surface area contributed by atoms with Gasteiger partial charge < -0.3 is 33.2 Å². The molecule has 0 spiro atoms. The molecule has 7 aromatic carbocycles. The van der Waals surface area contributed by atoms with Gasteiger partial charge in [0.05, 0.1) is 45.4 Å². The number of aromatic nitrogens is 14. The van der Waals surface area contributed by atoms with Crippen molar-refractivity contribution < 1.29 is 14.4 Å². The number of carbonyl (C=O) groups excluding carboxylic acids is 3. The van der Waals surface area contributed by atoms with Gasteiger partial charge in [0.25, 0.3) is 17.7 Å². The standard InChI is InChI=1S/C28H26N6O.2C27H25N7O/c29-26-24-25(33-34(23-7-3-4-8-23)27(24)32-17-31-26)20-11-9-18(10-12-20)16-30-28(35)22-14-13-19-5-1-2-6-21(19)15-22;28-25-22-24(33-34(20-7-1-2-8-20)26(22)32-16-31-25)19-12-10-17(11-13-19)15-30-27(35)21-9-3-5-18-6-4-14-29-23(18)21;28-25-23-24(33-34(20-5-1-2-6-20)26(23)32-16-31-25)19-10-8-17(9-11-19)14-30-27(35)21-7-3-4-18-12-13-29-15-22(18)21/h1-2,5-6,9-15,17,23H,3-4,7-8,16H2,(H,30,35)(H2,29,31,32);3-6,9-14,16,20H,1-2,7-8,15H2,(H,30,35)(H2,28,31,32);3-4,7-13,15-16,20H,1-2,5-6,14H2,(H,30,35)(H2,28,31,32). The highest BCUT2D eigenvalue weighted by Gasteiger charge is 2.28. The van der Waals surface area contributed by atoms with Crippen LogP contribution in [-0.2, 0) is 19.6 Å². The van der Waals surface area contributed by atoms with Crippen molar-refractivity contribution in [3.63, 3.8) is 0 Å². The Morgan fingerprint density at radius 3 is 1.27 bits per heavy atom. The Morgan fingerprint density at radius 2 is 0.790 bits per heavy atom. The Balaban J connectivity index is 0.000000121. The molecule has 522 valence electrons. The van der Waals surface area contributed by atoms with Gasteiger partial charge in [-0.1, -0.05) is 172 Å². The number of nitrogen functional groups attached to an aromatic ring is 3. The summed E-state index contributed by atoms with van der Waals surface area (Å²) in [7, 11) is 0. The SMILES string of the molecule is Nc1ncnc2c1c(-c1ccc(CNC(=O)c3ccc4ccccc4c3)cc1)nn2C1CCCC1.Nc1ncnc2c1c(-c1ccc(CNC(=O)c3cccc4cccnc34)cc1)nn2C1CCCC1.Nc1ncnc2c1c(-c1ccc(CNC(=O)c3cccc4ccncc34)cc1)nn2C1CCCC1. The van der Waals surface area contributed by atoms with Crippen molar-refractivity contribution >= 4 is 101 Å². The van der Waals surface area contributed by atoms with Gasteiger partial charge in [-0.25, -0.2) is 43.9 Å². The molecule has 9 N–H and O–H groups in total. The normalized spacial score (nSPS) is 14.1. The fraction of sp³-hybridized carbons (Fsp3) is 0.220. The molecule has 0 atom stereocenters. The summed E-state index contributed by atoms with van der Waals surface area (Å²) >= 11 is 0. The molecule has 0 saturated heterocycles. The lowest BCUT2D eigenvalue weighted by Crippen LogP contribution is -2.23. The van der Waals surface area contributed by atoms with Crippen LogP contribution in [0.25, 0.3) is 99.3 Å². The van der Waals surface area contributed by atoms with E-state index < -0.39 is 0 Å². The Morgan fingerprint density at radius 1 is 0.381 bits per heavy atom. The summed E-state index contributed by atoms with van der Waals surface area (Å²) in [5.41, 5.74) is 31.9. The van der Waals surface area contributed by atoms with Gasteiger partial charge in [-0.15, -0.1) is 0 Å². The van der Waals surface area contributed by atoms with Crippen LogP contribution in [0.15, 0.2) is 207 Å². The summed E-state index contributed by atoms with van der Waals surface area (Å²) in [5, 5.41) is 31.2. The molecule has 15 aromatic rings. The first-order chi connectivity index (χ1) is 51.5. The zero-order valence-corrected chi connectivity index (χ0v) is 57.7. The van der Waals surface area contributed by atoms with Crippen molar-refractivity contribution in [2.24, 2.45) is 0 Å². The average molecular weight is 1390 g/mol. The van der Waals surface area contributed by atoms with E-state index in [1.807, 2.05) is 178 Å². The Kier molecular flexibility index (Phi) is 18.8. The lowest BCUT2D eigenvalue weighted by atomic mass is 10.1. The summed E-state index contributed by atoms with van der Waals surface area (Å²) in [5.74, 6) is 0.958. The van der Waals surface area contributed by atoms with E-state index in [9.17, 15) is 14.4 Å². The largest absolute Gasteiger partial charge is 0.383 e. The van der Waals surface area contributed by atoms with E-state index >= 15 is 0 Å². The number of pyridine rings is 2. The molecule has 3 aliphatic rings. The highest BCUT2D eigenvalue weighted by atomic mass is 16.2. The van der Waals surface area contributed by atoms with Gasteiger partial charge in [-0.2, -0.15) is 15.3 Å². The number of nitrogens with one attached hydrogen (secondary N) is 3. The lowest BCUT2D eigenvalue weighted by Gasteiger charge is -2.10. The van der Waals surface area contributed by atoms with Crippen molar-refractivity contribution in [1.29, 1.82) is 0 Å². The quantitative estimate of drug-likeness (QED) is 0.0555. The van der Waals surface area contributed by atoms with E-state index in [1.165, 1.54) is 57.5 Å². The van der Waals surface area contributed by atoms with E-state index in [0.717, 1.165) is 149 Å². The maximum Gasteiger partial charge on any atom is 0.253 e. The van der Waals surface area contributed by atoms with Gasteiger partial charge >= 0.3 is 0 Å². The zero-order chi connectivity index (χ0) is 71.3. The molecule has 18 rings (SSSR count). The number of para-hydroxylation sites is 1. The van der Waals surface area contributed by atoms with Crippen molar-refractivity contribution in [3.05, 3.63) is 241 Å². The van der Waals surface area contributed by atoms with E-state index in [2.05, 4.69) is 55.8 Å². The maximum absolute atomic E-state index is 12.9. The van der Waals surface area contributed by atoms with Crippen LogP contribution in [0.1, 0.15) is 143 Å². The van der Waals surface area contributed by atoms with Crippen LogP contribution < -0.4 is 33.2 Å². The molecular weight excluding hydrogens is 1310 g/mol. The van der Waals surface area contributed by atoms with Crippen LogP contribution in [-0.4, -0.2) is 86.9 Å². The third-order valence-electron chi connectivity index (χ3n) is 20.4. The minimum atomic E-state index is -0.149. The molecule has 105 heavy (non-hydrogen) atoms. The van der Waals surface area contributed by atoms with E-state index in [0.29, 0.717) is 77.4 Å². The minimum absolute atomic E-state index is 0.0916. The number of rotatable bonds is 15.